The topological polar surface area (TPSA) is 52.6 Å². The van der Waals surface area contributed by atoms with Gasteiger partial charge in [-0.05, 0) is 19.3 Å². The smallest absolute Gasteiger partial charge is 0.228 e. The van der Waals surface area contributed by atoms with Crippen LogP contribution in [-0.4, -0.2) is 25.8 Å². The summed E-state index contributed by atoms with van der Waals surface area (Å²) in [5.74, 6) is -0.453. The largest absolute Gasteiger partial charge is 0.489 e. The lowest BCUT2D eigenvalue weighted by atomic mass is 9.84. The standard InChI is InChI=1S/C13H18O4/c1-6-7(2)9-8(3)10(14)12(16-4)13(17-5)11(9)15/h7H,6H2,1-5H3/t7-/m1/s1. The highest BCUT2D eigenvalue weighted by molar-refractivity contribution is 6.23. The van der Waals surface area contributed by atoms with Crippen molar-refractivity contribution in [3.63, 3.8) is 0 Å². The van der Waals surface area contributed by atoms with E-state index in [2.05, 4.69) is 0 Å². The van der Waals surface area contributed by atoms with Gasteiger partial charge in [0.1, 0.15) is 0 Å². The highest BCUT2D eigenvalue weighted by Gasteiger charge is 2.36. The van der Waals surface area contributed by atoms with Crippen LogP contribution in [0.4, 0.5) is 0 Å². The minimum atomic E-state index is -0.265. The van der Waals surface area contributed by atoms with Gasteiger partial charge in [-0.2, -0.15) is 0 Å². The molecule has 0 radical (unpaired) electrons. The number of hydrogen-bond acceptors (Lipinski definition) is 4. The van der Waals surface area contributed by atoms with Gasteiger partial charge in [0.25, 0.3) is 0 Å². The number of Topliss-reactive ketones (excluding diaryl/α,β-unsaturated/α-hetero) is 2. The Morgan fingerprint density at radius 3 is 1.94 bits per heavy atom. The van der Waals surface area contributed by atoms with Crippen LogP contribution in [0.15, 0.2) is 22.7 Å². The molecule has 0 spiro atoms. The van der Waals surface area contributed by atoms with Crippen LogP contribution in [0.3, 0.4) is 0 Å². The Bertz CT molecular complexity index is 415. The fraction of sp³-hybridized carbons (Fsp3) is 0.538. The van der Waals surface area contributed by atoms with E-state index in [4.69, 9.17) is 9.47 Å². The number of ketones is 2. The second-order valence-electron chi connectivity index (χ2n) is 4.07. The Balaban J connectivity index is 3.34. The summed E-state index contributed by atoms with van der Waals surface area (Å²) in [6.45, 7) is 5.56. The SMILES string of the molecule is CC[C@@H](C)C1=C(C)C(=O)C(OC)=C(OC)C1=O. The van der Waals surface area contributed by atoms with Gasteiger partial charge in [0, 0.05) is 11.1 Å². The van der Waals surface area contributed by atoms with Gasteiger partial charge in [-0.25, -0.2) is 0 Å². The molecule has 0 fully saturated rings. The molecule has 0 aromatic rings. The lowest BCUT2D eigenvalue weighted by Crippen LogP contribution is -2.27. The van der Waals surface area contributed by atoms with Crippen LogP contribution in [0, 0.1) is 5.92 Å². The Kier molecular flexibility index (Phi) is 4.10. The number of carbonyl (C=O) groups excluding carboxylic acids is 2. The molecule has 1 rings (SSSR count). The molecular formula is C13H18O4. The highest BCUT2D eigenvalue weighted by Crippen LogP contribution is 2.30. The molecule has 0 N–H and O–H groups in total. The van der Waals surface area contributed by atoms with Crippen molar-refractivity contribution in [2.45, 2.75) is 27.2 Å². The van der Waals surface area contributed by atoms with Crippen molar-refractivity contribution >= 4 is 11.6 Å². The van der Waals surface area contributed by atoms with Crippen molar-refractivity contribution in [1.82, 2.24) is 0 Å². The van der Waals surface area contributed by atoms with Crippen LogP contribution in [0.1, 0.15) is 27.2 Å². The van der Waals surface area contributed by atoms with Crippen molar-refractivity contribution < 1.29 is 19.1 Å². The number of methoxy groups -OCH3 is 2. The summed E-state index contributed by atoms with van der Waals surface area (Å²) in [4.78, 5) is 24.2. The predicted molar refractivity (Wildman–Crippen MR) is 63.2 cm³/mol. The van der Waals surface area contributed by atoms with Crippen molar-refractivity contribution in [2.24, 2.45) is 5.92 Å². The van der Waals surface area contributed by atoms with Gasteiger partial charge in [0.05, 0.1) is 14.2 Å². The fourth-order valence-corrected chi connectivity index (χ4v) is 1.96. The van der Waals surface area contributed by atoms with Crippen LogP contribution < -0.4 is 0 Å². The number of carbonyl (C=O) groups is 2. The van der Waals surface area contributed by atoms with Crippen LogP contribution >= 0.6 is 0 Å². The molecule has 0 aliphatic heterocycles. The lowest BCUT2D eigenvalue weighted by Gasteiger charge is -2.23. The first kappa shape index (κ1) is 13.5. The van der Waals surface area contributed by atoms with E-state index in [1.807, 2.05) is 13.8 Å². The van der Waals surface area contributed by atoms with E-state index in [0.29, 0.717) is 11.1 Å². The van der Waals surface area contributed by atoms with E-state index in [9.17, 15) is 9.59 Å². The molecule has 0 saturated carbocycles. The molecule has 0 heterocycles. The third kappa shape index (κ3) is 2.12. The van der Waals surface area contributed by atoms with E-state index >= 15 is 0 Å². The van der Waals surface area contributed by atoms with Gasteiger partial charge in [-0.15, -0.1) is 0 Å². The van der Waals surface area contributed by atoms with Crippen LogP contribution in [0.2, 0.25) is 0 Å². The van der Waals surface area contributed by atoms with E-state index in [1.54, 1.807) is 6.92 Å². The maximum absolute atomic E-state index is 12.2. The molecule has 0 amide bonds. The number of hydrogen-bond donors (Lipinski definition) is 0. The average molecular weight is 238 g/mol. The first-order valence-electron chi connectivity index (χ1n) is 5.61. The van der Waals surface area contributed by atoms with E-state index in [0.717, 1.165) is 6.42 Å². The summed E-state index contributed by atoms with van der Waals surface area (Å²) in [6.07, 6.45) is 0.797. The molecule has 4 nitrogen and oxygen atoms in total. The Morgan fingerprint density at radius 2 is 1.53 bits per heavy atom. The second-order valence-corrected chi connectivity index (χ2v) is 4.07. The van der Waals surface area contributed by atoms with E-state index in [-0.39, 0.29) is 29.0 Å². The summed E-state index contributed by atoms with van der Waals surface area (Å²) in [6, 6.07) is 0. The van der Waals surface area contributed by atoms with Gasteiger partial charge < -0.3 is 9.47 Å². The maximum atomic E-state index is 12.2. The molecule has 0 saturated heterocycles. The molecule has 0 aromatic heterocycles. The molecule has 0 unspecified atom stereocenters. The van der Waals surface area contributed by atoms with Crippen LogP contribution in [0.25, 0.3) is 0 Å². The first-order valence-corrected chi connectivity index (χ1v) is 5.61. The van der Waals surface area contributed by atoms with Gasteiger partial charge in [0.2, 0.25) is 23.1 Å². The quantitative estimate of drug-likeness (QED) is 0.703. The van der Waals surface area contributed by atoms with Gasteiger partial charge >= 0.3 is 0 Å². The molecule has 0 aromatic carbocycles. The molecule has 4 heteroatoms. The normalized spacial score (nSPS) is 18.6. The molecule has 1 atom stereocenters. The summed E-state index contributed by atoms with van der Waals surface area (Å²) < 4.78 is 9.96. The second kappa shape index (κ2) is 5.17. The van der Waals surface area contributed by atoms with Gasteiger partial charge in [-0.3, -0.25) is 9.59 Å². The zero-order valence-corrected chi connectivity index (χ0v) is 10.9. The lowest BCUT2D eigenvalue weighted by molar-refractivity contribution is -0.121. The molecule has 1 aliphatic rings. The van der Waals surface area contributed by atoms with Crippen molar-refractivity contribution in [3.8, 4) is 0 Å². The number of allylic oxidation sites excluding steroid dienone is 2. The third-order valence-electron chi connectivity index (χ3n) is 3.12. The van der Waals surface area contributed by atoms with Crippen molar-refractivity contribution in [2.75, 3.05) is 14.2 Å². The molecule has 17 heavy (non-hydrogen) atoms. The molecular weight excluding hydrogens is 220 g/mol. The van der Waals surface area contributed by atoms with Crippen LogP contribution in [-0.2, 0) is 19.1 Å². The van der Waals surface area contributed by atoms with E-state index < -0.39 is 0 Å². The highest BCUT2D eigenvalue weighted by atomic mass is 16.5. The predicted octanol–water partition coefficient (Wildman–Crippen LogP) is 2.01. The maximum Gasteiger partial charge on any atom is 0.228 e. The first-order chi connectivity index (χ1) is 7.99. The number of ether oxygens (including phenoxy) is 2. The Labute approximate surface area is 101 Å². The van der Waals surface area contributed by atoms with Gasteiger partial charge in [-0.1, -0.05) is 13.8 Å². The fourth-order valence-electron chi connectivity index (χ4n) is 1.96. The summed E-state index contributed by atoms with van der Waals surface area (Å²) in [5.41, 5.74) is 0.997. The average Bonchev–Trinajstić information content (AvgIpc) is 2.33. The minimum absolute atomic E-state index is 0.00190. The van der Waals surface area contributed by atoms with Crippen molar-refractivity contribution in [1.29, 1.82) is 0 Å². The molecule has 1 aliphatic carbocycles. The van der Waals surface area contributed by atoms with Gasteiger partial charge in [0.15, 0.2) is 0 Å². The van der Waals surface area contributed by atoms with Crippen LogP contribution in [0.5, 0.6) is 0 Å². The monoisotopic (exact) mass is 238 g/mol. The Hall–Kier alpha value is -1.58. The summed E-state index contributed by atoms with van der Waals surface area (Å²) >= 11 is 0. The summed E-state index contributed by atoms with van der Waals surface area (Å²) in [5, 5.41) is 0. The van der Waals surface area contributed by atoms with Crippen molar-refractivity contribution in [3.05, 3.63) is 22.7 Å². The minimum Gasteiger partial charge on any atom is -0.489 e. The zero-order valence-electron chi connectivity index (χ0n) is 10.9. The number of rotatable bonds is 4. The third-order valence-corrected chi connectivity index (χ3v) is 3.12. The molecule has 0 bridgehead atoms. The summed E-state index contributed by atoms with van der Waals surface area (Å²) in [7, 11) is 2.73. The Morgan fingerprint density at radius 1 is 1.06 bits per heavy atom. The van der Waals surface area contributed by atoms with E-state index in [1.165, 1.54) is 14.2 Å². The molecule has 94 valence electrons. The zero-order chi connectivity index (χ0) is 13.2.